The van der Waals surface area contributed by atoms with Gasteiger partial charge in [-0.05, 0) is 56.4 Å². The second-order valence-electron chi connectivity index (χ2n) is 8.01. The summed E-state index contributed by atoms with van der Waals surface area (Å²) >= 11 is 0. The first-order valence-electron chi connectivity index (χ1n) is 11.1. The molecule has 2 aliphatic heterocycles. The average Bonchev–Trinajstić information content (AvgIpc) is 3.26. The van der Waals surface area contributed by atoms with Crippen LogP contribution >= 0.6 is 0 Å². The summed E-state index contributed by atoms with van der Waals surface area (Å²) in [5.74, 6) is 1.49. The molecule has 0 saturated carbocycles. The Kier molecular flexibility index (Phi) is 8.77. The Morgan fingerprint density at radius 1 is 1.20 bits per heavy atom. The molecule has 1 aromatic rings. The van der Waals surface area contributed by atoms with Gasteiger partial charge in [-0.2, -0.15) is 0 Å². The third kappa shape index (κ3) is 7.18. The minimum absolute atomic E-state index is 0.149. The number of aromatic hydroxyl groups is 1. The minimum atomic E-state index is -0.164. The van der Waals surface area contributed by atoms with E-state index in [2.05, 4.69) is 32.8 Å². The van der Waals surface area contributed by atoms with E-state index in [1.165, 1.54) is 18.6 Å². The third-order valence-corrected chi connectivity index (χ3v) is 5.61. The quantitative estimate of drug-likeness (QED) is 0.288. The smallest absolute Gasteiger partial charge is 0.251 e. The van der Waals surface area contributed by atoms with Crippen LogP contribution in [0.25, 0.3) is 0 Å². The van der Waals surface area contributed by atoms with Crippen molar-refractivity contribution in [3.05, 3.63) is 29.8 Å². The maximum atomic E-state index is 12.1. The van der Waals surface area contributed by atoms with E-state index in [0.29, 0.717) is 30.6 Å². The minimum Gasteiger partial charge on any atom is -0.508 e. The summed E-state index contributed by atoms with van der Waals surface area (Å²) in [4.78, 5) is 19.3. The van der Waals surface area contributed by atoms with Crippen LogP contribution < -0.4 is 16.0 Å². The molecular formula is C22H35N5O3. The van der Waals surface area contributed by atoms with E-state index in [-0.39, 0.29) is 11.7 Å². The van der Waals surface area contributed by atoms with Gasteiger partial charge in [0.15, 0.2) is 5.96 Å². The highest BCUT2D eigenvalue weighted by atomic mass is 16.5. The van der Waals surface area contributed by atoms with Crippen LogP contribution in [0.2, 0.25) is 0 Å². The summed E-state index contributed by atoms with van der Waals surface area (Å²) in [6, 6.07) is 6.64. The van der Waals surface area contributed by atoms with Crippen LogP contribution in [0.15, 0.2) is 29.3 Å². The fourth-order valence-electron chi connectivity index (χ4n) is 3.92. The number of nitrogens with one attached hydrogen (secondary N) is 3. The zero-order chi connectivity index (χ0) is 21.2. The van der Waals surface area contributed by atoms with Gasteiger partial charge in [-0.15, -0.1) is 0 Å². The van der Waals surface area contributed by atoms with Crippen LogP contribution in [0.1, 0.15) is 36.5 Å². The number of ether oxygens (including phenoxy) is 1. The number of hydrogen-bond acceptors (Lipinski definition) is 5. The normalized spacial score (nSPS) is 20.8. The Bertz CT molecular complexity index is 681. The molecule has 8 nitrogen and oxygen atoms in total. The fourth-order valence-corrected chi connectivity index (χ4v) is 3.92. The van der Waals surface area contributed by atoms with Crippen LogP contribution in [0, 0.1) is 5.92 Å². The number of nitrogens with zero attached hydrogens (tertiary/aromatic N) is 2. The third-order valence-electron chi connectivity index (χ3n) is 5.61. The summed E-state index contributed by atoms with van der Waals surface area (Å²) in [5, 5.41) is 19.0. The van der Waals surface area contributed by atoms with Crippen molar-refractivity contribution in [3.63, 3.8) is 0 Å². The van der Waals surface area contributed by atoms with Gasteiger partial charge in [0.05, 0.1) is 13.2 Å². The molecule has 1 unspecified atom stereocenters. The van der Waals surface area contributed by atoms with Crippen LogP contribution in [0.4, 0.5) is 0 Å². The van der Waals surface area contributed by atoms with E-state index in [0.717, 1.165) is 58.2 Å². The lowest BCUT2D eigenvalue weighted by Crippen LogP contribution is -2.49. The van der Waals surface area contributed by atoms with E-state index in [1.807, 2.05) is 0 Å². The molecule has 166 valence electrons. The molecule has 1 aromatic carbocycles. The van der Waals surface area contributed by atoms with E-state index >= 15 is 0 Å². The lowest BCUT2D eigenvalue weighted by Gasteiger charge is -2.34. The van der Waals surface area contributed by atoms with Crippen molar-refractivity contribution in [2.24, 2.45) is 10.9 Å². The van der Waals surface area contributed by atoms with Crippen molar-refractivity contribution in [3.8, 4) is 5.75 Å². The number of likely N-dealkylation sites (tertiary alicyclic amines) is 1. The number of hydrogen-bond donors (Lipinski definition) is 4. The lowest BCUT2D eigenvalue weighted by atomic mass is 10.0. The number of carbonyl (C=O) groups excluding carboxylic acids is 1. The first kappa shape index (κ1) is 22.4. The van der Waals surface area contributed by atoms with Crippen molar-refractivity contribution in [1.29, 1.82) is 0 Å². The number of guanidine groups is 1. The number of phenolic OH excluding ortho intramolecular Hbond substituents is 1. The first-order valence-corrected chi connectivity index (χ1v) is 11.1. The second kappa shape index (κ2) is 11.8. The number of rotatable bonds is 8. The van der Waals surface area contributed by atoms with Crippen molar-refractivity contribution in [2.75, 3.05) is 52.5 Å². The first-order chi connectivity index (χ1) is 14.6. The number of phenols is 1. The van der Waals surface area contributed by atoms with Crippen molar-refractivity contribution >= 4 is 11.9 Å². The maximum absolute atomic E-state index is 12.1. The Morgan fingerprint density at radius 3 is 2.63 bits per heavy atom. The zero-order valence-corrected chi connectivity index (χ0v) is 17.9. The highest BCUT2D eigenvalue weighted by Crippen LogP contribution is 2.17. The topological polar surface area (TPSA) is 98.2 Å². The van der Waals surface area contributed by atoms with Crippen LogP contribution in [-0.4, -0.2) is 80.4 Å². The zero-order valence-electron chi connectivity index (χ0n) is 17.9. The monoisotopic (exact) mass is 417 g/mol. The molecule has 0 aromatic heterocycles. The fraction of sp³-hybridized carbons (Fsp3) is 0.636. The molecule has 2 aliphatic rings. The largest absolute Gasteiger partial charge is 0.508 e. The molecule has 8 heteroatoms. The molecule has 0 spiro atoms. The van der Waals surface area contributed by atoms with Gasteiger partial charge >= 0.3 is 0 Å². The standard InChI is InChI=1S/C22H35N5O3/c1-2-23-22(25-11-10-24-21(29)18-3-5-20(28)6-4-18)26-19-7-12-27(13-8-19)15-17-9-14-30-16-17/h3-6,17,19,28H,2,7-16H2,1H3,(H,24,29)(H2,23,25,26). The summed E-state index contributed by atoms with van der Waals surface area (Å²) in [5.41, 5.74) is 0.526. The molecule has 1 amide bonds. The molecule has 0 radical (unpaired) electrons. The van der Waals surface area contributed by atoms with Crippen molar-refractivity contribution in [2.45, 2.75) is 32.2 Å². The molecule has 4 N–H and O–H groups in total. The van der Waals surface area contributed by atoms with Gasteiger partial charge in [0.25, 0.3) is 5.91 Å². The van der Waals surface area contributed by atoms with E-state index < -0.39 is 0 Å². The molecule has 30 heavy (non-hydrogen) atoms. The Labute approximate surface area is 179 Å². The van der Waals surface area contributed by atoms with Gasteiger partial charge in [0.1, 0.15) is 5.75 Å². The molecule has 0 aliphatic carbocycles. The number of carbonyl (C=O) groups is 1. The van der Waals surface area contributed by atoms with Crippen LogP contribution in [-0.2, 0) is 4.74 Å². The average molecular weight is 418 g/mol. The SMILES string of the molecule is CCNC(=NCCNC(=O)c1ccc(O)cc1)NC1CCN(CC2CCOC2)CC1. The predicted octanol–water partition coefficient (Wildman–Crippen LogP) is 1.18. The van der Waals surface area contributed by atoms with Gasteiger partial charge in [-0.3, -0.25) is 9.79 Å². The molecular weight excluding hydrogens is 382 g/mol. The lowest BCUT2D eigenvalue weighted by molar-refractivity contribution is 0.0955. The number of amides is 1. The molecule has 1 atom stereocenters. The molecule has 2 fully saturated rings. The second-order valence-corrected chi connectivity index (χ2v) is 8.01. The van der Waals surface area contributed by atoms with Gasteiger partial charge in [0.2, 0.25) is 0 Å². The molecule has 0 bridgehead atoms. The number of aliphatic imine (C=N–C) groups is 1. The van der Waals surface area contributed by atoms with Crippen LogP contribution in [0.3, 0.4) is 0 Å². The summed E-state index contributed by atoms with van der Waals surface area (Å²) < 4.78 is 5.49. The highest BCUT2D eigenvalue weighted by molar-refractivity contribution is 5.94. The maximum Gasteiger partial charge on any atom is 0.251 e. The van der Waals surface area contributed by atoms with E-state index in [1.54, 1.807) is 12.1 Å². The summed E-state index contributed by atoms with van der Waals surface area (Å²) in [6.07, 6.45) is 3.41. The summed E-state index contributed by atoms with van der Waals surface area (Å²) in [7, 11) is 0. The Hall–Kier alpha value is -2.32. The molecule has 3 rings (SSSR count). The molecule has 2 heterocycles. The highest BCUT2D eigenvalue weighted by Gasteiger charge is 2.24. The van der Waals surface area contributed by atoms with E-state index in [9.17, 15) is 9.90 Å². The Balaban J connectivity index is 1.37. The van der Waals surface area contributed by atoms with Gasteiger partial charge in [-0.25, -0.2) is 0 Å². The molecule has 2 saturated heterocycles. The Morgan fingerprint density at radius 2 is 1.97 bits per heavy atom. The number of piperidine rings is 1. The predicted molar refractivity (Wildman–Crippen MR) is 118 cm³/mol. The van der Waals surface area contributed by atoms with E-state index in [4.69, 9.17) is 4.74 Å². The van der Waals surface area contributed by atoms with Crippen molar-refractivity contribution in [1.82, 2.24) is 20.9 Å². The summed E-state index contributed by atoms with van der Waals surface area (Å²) in [6.45, 7) is 9.01. The van der Waals surface area contributed by atoms with Gasteiger partial charge in [0, 0.05) is 50.9 Å². The van der Waals surface area contributed by atoms with Gasteiger partial charge < -0.3 is 30.7 Å². The number of benzene rings is 1. The van der Waals surface area contributed by atoms with Gasteiger partial charge in [-0.1, -0.05) is 0 Å². The van der Waals surface area contributed by atoms with Crippen molar-refractivity contribution < 1.29 is 14.6 Å². The van der Waals surface area contributed by atoms with Crippen LogP contribution in [0.5, 0.6) is 5.75 Å².